The highest BCUT2D eigenvalue weighted by atomic mass is 35.5. The van der Waals surface area contributed by atoms with Gasteiger partial charge in [0.05, 0.1) is 10.0 Å². The fourth-order valence-corrected chi connectivity index (χ4v) is 3.95. The first-order chi connectivity index (χ1) is 9.06. The van der Waals surface area contributed by atoms with Gasteiger partial charge in [-0.15, -0.1) is 12.4 Å². The molecule has 1 saturated heterocycles. The van der Waals surface area contributed by atoms with E-state index in [-0.39, 0.29) is 12.4 Å². The molecule has 0 spiro atoms. The molecule has 0 radical (unpaired) electrons. The van der Waals surface area contributed by atoms with Crippen molar-refractivity contribution < 1.29 is 0 Å². The van der Waals surface area contributed by atoms with E-state index < -0.39 is 0 Å². The molecule has 1 aromatic carbocycles. The van der Waals surface area contributed by atoms with Crippen LogP contribution in [0.5, 0.6) is 0 Å². The quantitative estimate of drug-likeness (QED) is 0.880. The van der Waals surface area contributed by atoms with Crippen LogP contribution in [-0.2, 0) is 0 Å². The van der Waals surface area contributed by atoms with Crippen LogP contribution in [0, 0.1) is 11.8 Å². The molecule has 2 nitrogen and oxygen atoms in total. The first-order valence-corrected chi connectivity index (χ1v) is 7.76. The van der Waals surface area contributed by atoms with Crippen LogP contribution in [0.15, 0.2) is 18.2 Å². The molecule has 2 fully saturated rings. The molecule has 3 rings (SSSR count). The Bertz CT molecular complexity index is 480. The number of fused-ring (bicyclic) bond motifs is 1. The van der Waals surface area contributed by atoms with Crippen LogP contribution < -0.4 is 5.73 Å². The highest BCUT2D eigenvalue weighted by Crippen LogP contribution is 2.40. The van der Waals surface area contributed by atoms with E-state index >= 15 is 0 Å². The van der Waals surface area contributed by atoms with Crippen molar-refractivity contribution in [1.82, 2.24) is 4.90 Å². The molecule has 0 bridgehead atoms. The van der Waals surface area contributed by atoms with Gasteiger partial charge in [-0.3, -0.25) is 4.90 Å². The van der Waals surface area contributed by atoms with Crippen molar-refractivity contribution in [1.29, 1.82) is 0 Å². The summed E-state index contributed by atoms with van der Waals surface area (Å²) in [4.78, 5) is 2.54. The maximum atomic E-state index is 6.20. The highest BCUT2D eigenvalue weighted by molar-refractivity contribution is 6.42. The lowest BCUT2D eigenvalue weighted by molar-refractivity contribution is 0.239. The average molecular weight is 336 g/mol. The molecule has 1 saturated carbocycles. The summed E-state index contributed by atoms with van der Waals surface area (Å²) in [5.41, 5.74) is 7.44. The Morgan fingerprint density at radius 1 is 1.20 bits per heavy atom. The van der Waals surface area contributed by atoms with Gasteiger partial charge in [-0.2, -0.15) is 0 Å². The number of halogens is 3. The van der Waals surface area contributed by atoms with Gasteiger partial charge in [0.1, 0.15) is 0 Å². The third kappa shape index (κ3) is 2.95. The van der Waals surface area contributed by atoms with Gasteiger partial charge < -0.3 is 5.73 Å². The summed E-state index contributed by atoms with van der Waals surface area (Å²) in [7, 11) is 0. The zero-order chi connectivity index (χ0) is 13.6. The van der Waals surface area contributed by atoms with Gasteiger partial charge in [0.25, 0.3) is 0 Å². The summed E-state index contributed by atoms with van der Waals surface area (Å²) in [5, 5.41) is 1.26. The Morgan fingerprint density at radius 3 is 2.60 bits per heavy atom. The lowest BCUT2D eigenvalue weighted by Gasteiger charge is -2.26. The molecule has 2 N–H and O–H groups in total. The predicted octanol–water partition coefficient (Wildman–Crippen LogP) is 4.15. The predicted molar refractivity (Wildman–Crippen MR) is 87.9 cm³/mol. The van der Waals surface area contributed by atoms with E-state index in [2.05, 4.69) is 17.9 Å². The summed E-state index contributed by atoms with van der Waals surface area (Å²) in [5.74, 6) is 1.48. The van der Waals surface area contributed by atoms with Gasteiger partial charge >= 0.3 is 0 Å². The summed E-state index contributed by atoms with van der Waals surface area (Å²) in [6.07, 6.45) is 2.49. The van der Waals surface area contributed by atoms with E-state index in [1.165, 1.54) is 24.9 Å². The first kappa shape index (κ1) is 16.4. The zero-order valence-corrected chi connectivity index (χ0v) is 13.9. The summed E-state index contributed by atoms with van der Waals surface area (Å²) in [6, 6.07) is 6.73. The van der Waals surface area contributed by atoms with E-state index in [9.17, 15) is 0 Å². The molecule has 0 aromatic heterocycles. The standard InChI is InChI=1S/C15H20Cl2N2.ClH/c1-9(10-2-4-13(16)14(17)6-10)19-7-11-3-5-15(18)12(11)8-19;/h2,4,6,9,11-12,15H,3,5,7-8,18H2,1H3;1H. The maximum Gasteiger partial charge on any atom is 0.0595 e. The molecule has 112 valence electrons. The first-order valence-electron chi connectivity index (χ1n) is 7.01. The molecule has 20 heavy (non-hydrogen) atoms. The molecule has 1 aromatic rings. The van der Waals surface area contributed by atoms with Crippen molar-refractivity contribution in [2.24, 2.45) is 17.6 Å². The minimum absolute atomic E-state index is 0. The largest absolute Gasteiger partial charge is 0.327 e. The Balaban J connectivity index is 0.00000147. The van der Waals surface area contributed by atoms with Gasteiger partial charge in [-0.05, 0) is 49.3 Å². The number of benzene rings is 1. The molecule has 1 aliphatic heterocycles. The van der Waals surface area contributed by atoms with E-state index in [1.54, 1.807) is 0 Å². The summed E-state index contributed by atoms with van der Waals surface area (Å²) in [6.45, 7) is 4.53. The van der Waals surface area contributed by atoms with Crippen molar-refractivity contribution in [2.75, 3.05) is 13.1 Å². The van der Waals surface area contributed by atoms with Crippen molar-refractivity contribution in [3.63, 3.8) is 0 Å². The van der Waals surface area contributed by atoms with Gasteiger partial charge in [0.2, 0.25) is 0 Å². The molecule has 1 heterocycles. The molecule has 4 unspecified atom stereocenters. The van der Waals surface area contributed by atoms with Crippen LogP contribution in [0.3, 0.4) is 0 Å². The van der Waals surface area contributed by atoms with Crippen LogP contribution in [0.25, 0.3) is 0 Å². The van der Waals surface area contributed by atoms with Gasteiger partial charge in [-0.1, -0.05) is 29.3 Å². The zero-order valence-electron chi connectivity index (χ0n) is 11.6. The summed E-state index contributed by atoms with van der Waals surface area (Å²) < 4.78 is 0. The van der Waals surface area contributed by atoms with Crippen LogP contribution in [0.4, 0.5) is 0 Å². The van der Waals surface area contributed by atoms with E-state index in [0.717, 1.165) is 12.5 Å². The van der Waals surface area contributed by atoms with Crippen LogP contribution in [0.1, 0.15) is 31.4 Å². The molecule has 4 atom stereocenters. The van der Waals surface area contributed by atoms with Crippen LogP contribution in [0.2, 0.25) is 10.0 Å². The van der Waals surface area contributed by atoms with Crippen molar-refractivity contribution in [3.8, 4) is 0 Å². The van der Waals surface area contributed by atoms with Crippen molar-refractivity contribution in [3.05, 3.63) is 33.8 Å². The van der Waals surface area contributed by atoms with Gasteiger partial charge in [-0.25, -0.2) is 0 Å². The van der Waals surface area contributed by atoms with E-state index in [0.29, 0.717) is 28.0 Å². The number of rotatable bonds is 2. The molecule has 2 aliphatic rings. The van der Waals surface area contributed by atoms with E-state index in [1.807, 2.05) is 12.1 Å². The minimum Gasteiger partial charge on any atom is -0.327 e. The molecule has 0 amide bonds. The summed E-state index contributed by atoms with van der Waals surface area (Å²) >= 11 is 12.1. The van der Waals surface area contributed by atoms with Crippen LogP contribution >= 0.6 is 35.6 Å². The van der Waals surface area contributed by atoms with Crippen molar-refractivity contribution >= 4 is 35.6 Å². The molecule has 5 heteroatoms. The highest BCUT2D eigenvalue weighted by Gasteiger charge is 2.42. The Kier molecular flexibility index (Phi) is 5.25. The van der Waals surface area contributed by atoms with Crippen molar-refractivity contribution in [2.45, 2.75) is 31.8 Å². The smallest absolute Gasteiger partial charge is 0.0595 e. The average Bonchev–Trinajstić information content (AvgIpc) is 2.95. The Morgan fingerprint density at radius 2 is 1.95 bits per heavy atom. The Labute approximate surface area is 137 Å². The van der Waals surface area contributed by atoms with Crippen LogP contribution in [-0.4, -0.2) is 24.0 Å². The second-order valence-electron chi connectivity index (χ2n) is 5.97. The second kappa shape index (κ2) is 6.41. The topological polar surface area (TPSA) is 29.3 Å². The Hall–Kier alpha value is 0.01000. The fraction of sp³-hybridized carbons (Fsp3) is 0.600. The molecular formula is C15H21Cl3N2. The number of likely N-dealkylation sites (tertiary alicyclic amines) is 1. The SMILES string of the molecule is CC(c1ccc(Cl)c(Cl)c1)N1CC2CCC(N)C2C1.Cl. The number of hydrogen-bond acceptors (Lipinski definition) is 2. The molecule has 1 aliphatic carbocycles. The third-order valence-electron chi connectivity index (χ3n) is 4.91. The maximum absolute atomic E-state index is 6.20. The number of nitrogens with two attached hydrogens (primary N) is 1. The number of nitrogens with zero attached hydrogens (tertiary/aromatic N) is 1. The lowest BCUT2D eigenvalue weighted by atomic mass is 9.98. The van der Waals surface area contributed by atoms with E-state index in [4.69, 9.17) is 28.9 Å². The van der Waals surface area contributed by atoms with Gasteiger partial charge in [0, 0.05) is 25.2 Å². The van der Waals surface area contributed by atoms with Gasteiger partial charge in [0.15, 0.2) is 0 Å². The minimum atomic E-state index is 0. The molecular weight excluding hydrogens is 315 g/mol. The number of hydrogen-bond donors (Lipinski definition) is 1. The normalized spacial score (nSPS) is 30.9. The second-order valence-corrected chi connectivity index (χ2v) is 6.78. The lowest BCUT2D eigenvalue weighted by Crippen LogP contribution is -2.31. The third-order valence-corrected chi connectivity index (χ3v) is 5.65. The monoisotopic (exact) mass is 334 g/mol. The fourth-order valence-electron chi connectivity index (χ4n) is 3.64.